The standard InChI is InChI=1S/C14H21NO2/c1-5-10(2)9-12(15)11-7-6-8-13(16-3)14(11)17-4/h6-8,12H,2,5,9,15H2,1,3-4H3. The molecule has 0 aliphatic rings. The van der Waals surface area contributed by atoms with E-state index in [4.69, 9.17) is 15.2 Å². The van der Waals surface area contributed by atoms with Crippen LogP contribution in [0.4, 0.5) is 0 Å². The first-order valence-corrected chi connectivity index (χ1v) is 5.77. The van der Waals surface area contributed by atoms with Gasteiger partial charge in [-0.05, 0) is 18.9 Å². The number of rotatable bonds is 6. The van der Waals surface area contributed by atoms with Gasteiger partial charge in [-0.3, -0.25) is 0 Å². The van der Waals surface area contributed by atoms with Crippen molar-refractivity contribution in [3.63, 3.8) is 0 Å². The summed E-state index contributed by atoms with van der Waals surface area (Å²) < 4.78 is 10.6. The highest BCUT2D eigenvalue weighted by Gasteiger charge is 2.16. The van der Waals surface area contributed by atoms with E-state index in [0.29, 0.717) is 11.5 Å². The Morgan fingerprint density at radius 3 is 2.59 bits per heavy atom. The molecule has 1 aromatic carbocycles. The molecule has 1 unspecified atom stereocenters. The van der Waals surface area contributed by atoms with Crippen LogP contribution in [0.3, 0.4) is 0 Å². The molecule has 1 aromatic rings. The lowest BCUT2D eigenvalue weighted by Crippen LogP contribution is -2.12. The first-order valence-electron chi connectivity index (χ1n) is 5.77. The zero-order chi connectivity index (χ0) is 12.8. The van der Waals surface area contributed by atoms with Gasteiger partial charge < -0.3 is 15.2 Å². The third-order valence-corrected chi connectivity index (χ3v) is 2.84. The van der Waals surface area contributed by atoms with E-state index in [-0.39, 0.29) is 6.04 Å². The number of nitrogens with two attached hydrogens (primary N) is 1. The second kappa shape index (κ2) is 6.30. The largest absolute Gasteiger partial charge is 0.493 e. The Labute approximate surface area is 103 Å². The molecule has 0 bridgehead atoms. The van der Waals surface area contributed by atoms with E-state index in [0.717, 1.165) is 24.0 Å². The summed E-state index contributed by atoms with van der Waals surface area (Å²) in [5.41, 5.74) is 8.28. The molecule has 0 fully saturated rings. The first kappa shape index (κ1) is 13.6. The molecule has 0 aliphatic carbocycles. The second-order valence-corrected chi connectivity index (χ2v) is 4.00. The summed E-state index contributed by atoms with van der Waals surface area (Å²) in [6.07, 6.45) is 1.71. The van der Waals surface area contributed by atoms with Crippen molar-refractivity contribution in [2.24, 2.45) is 5.73 Å². The van der Waals surface area contributed by atoms with Crippen molar-refractivity contribution in [3.8, 4) is 11.5 Å². The maximum absolute atomic E-state index is 6.18. The highest BCUT2D eigenvalue weighted by molar-refractivity contribution is 5.48. The Morgan fingerprint density at radius 1 is 1.35 bits per heavy atom. The Bertz CT molecular complexity index is 388. The number of methoxy groups -OCH3 is 2. The normalized spacial score (nSPS) is 12.0. The summed E-state index contributed by atoms with van der Waals surface area (Å²) in [6.45, 7) is 6.07. The van der Waals surface area contributed by atoms with Gasteiger partial charge in [-0.15, -0.1) is 0 Å². The number of ether oxygens (including phenoxy) is 2. The fourth-order valence-electron chi connectivity index (χ4n) is 1.77. The Hall–Kier alpha value is -1.48. The van der Waals surface area contributed by atoms with Gasteiger partial charge >= 0.3 is 0 Å². The summed E-state index contributed by atoms with van der Waals surface area (Å²) >= 11 is 0. The maximum atomic E-state index is 6.18. The lowest BCUT2D eigenvalue weighted by molar-refractivity contribution is 0.349. The Morgan fingerprint density at radius 2 is 2.06 bits per heavy atom. The molecule has 94 valence electrons. The SMILES string of the molecule is C=C(CC)CC(N)c1cccc(OC)c1OC. The van der Waals surface area contributed by atoms with Crippen LogP contribution in [-0.2, 0) is 0 Å². The third kappa shape index (κ3) is 3.24. The molecule has 0 aliphatic heterocycles. The minimum atomic E-state index is -0.104. The fourth-order valence-corrected chi connectivity index (χ4v) is 1.77. The predicted octanol–water partition coefficient (Wildman–Crippen LogP) is 3.06. The van der Waals surface area contributed by atoms with Crippen LogP contribution in [0.1, 0.15) is 31.4 Å². The maximum Gasteiger partial charge on any atom is 0.165 e. The van der Waals surface area contributed by atoms with Crippen molar-refractivity contribution >= 4 is 0 Å². The topological polar surface area (TPSA) is 44.5 Å². The second-order valence-electron chi connectivity index (χ2n) is 4.00. The van der Waals surface area contributed by atoms with Crippen LogP contribution < -0.4 is 15.2 Å². The molecular formula is C14H21NO2. The van der Waals surface area contributed by atoms with Crippen LogP contribution in [0.2, 0.25) is 0 Å². The van der Waals surface area contributed by atoms with Crippen LogP contribution in [0, 0.1) is 0 Å². The van der Waals surface area contributed by atoms with Crippen LogP contribution in [0.15, 0.2) is 30.4 Å². The molecule has 3 heteroatoms. The van der Waals surface area contributed by atoms with Crippen molar-refractivity contribution in [2.75, 3.05) is 14.2 Å². The van der Waals surface area contributed by atoms with Crippen molar-refractivity contribution in [2.45, 2.75) is 25.8 Å². The summed E-state index contributed by atoms with van der Waals surface area (Å²) in [6, 6.07) is 5.65. The Kier molecular flexibility index (Phi) is 5.04. The van der Waals surface area contributed by atoms with E-state index < -0.39 is 0 Å². The molecule has 2 N–H and O–H groups in total. The van der Waals surface area contributed by atoms with Gasteiger partial charge in [-0.25, -0.2) is 0 Å². The molecule has 3 nitrogen and oxygen atoms in total. The summed E-state index contributed by atoms with van der Waals surface area (Å²) in [7, 11) is 3.25. The molecule has 0 saturated carbocycles. The molecule has 1 atom stereocenters. The van der Waals surface area contributed by atoms with Crippen molar-refractivity contribution in [3.05, 3.63) is 35.9 Å². The van der Waals surface area contributed by atoms with E-state index in [1.807, 2.05) is 18.2 Å². The average Bonchev–Trinajstić information content (AvgIpc) is 2.37. The summed E-state index contributed by atoms with van der Waals surface area (Å²) in [5, 5.41) is 0. The molecule has 17 heavy (non-hydrogen) atoms. The van der Waals surface area contributed by atoms with Gasteiger partial charge in [-0.2, -0.15) is 0 Å². The molecule has 0 heterocycles. The van der Waals surface area contributed by atoms with Crippen LogP contribution in [0.25, 0.3) is 0 Å². The molecule has 0 spiro atoms. The quantitative estimate of drug-likeness (QED) is 0.771. The van der Waals surface area contributed by atoms with Crippen LogP contribution in [-0.4, -0.2) is 14.2 Å². The molecule has 0 radical (unpaired) electrons. The summed E-state index contributed by atoms with van der Waals surface area (Å²) in [4.78, 5) is 0. The van der Waals surface area contributed by atoms with Gasteiger partial charge in [0.1, 0.15) is 0 Å². The van der Waals surface area contributed by atoms with Gasteiger partial charge in [0.05, 0.1) is 14.2 Å². The first-order chi connectivity index (χ1) is 8.13. The predicted molar refractivity (Wildman–Crippen MR) is 70.5 cm³/mol. The number of hydrogen-bond acceptors (Lipinski definition) is 3. The zero-order valence-corrected chi connectivity index (χ0v) is 10.8. The molecule has 0 saturated heterocycles. The number of para-hydroxylation sites is 1. The minimum Gasteiger partial charge on any atom is -0.493 e. The highest BCUT2D eigenvalue weighted by atomic mass is 16.5. The number of hydrogen-bond donors (Lipinski definition) is 1. The molecular weight excluding hydrogens is 214 g/mol. The lowest BCUT2D eigenvalue weighted by atomic mass is 9.98. The van der Waals surface area contributed by atoms with E-state index >= 15 is 0 Å². The van der Waals surface area contributed by atoms with E-state index in [1.165, 1.54) is 0 Å². The zero-order valence-electron chi connectivity index (χ0n) is 10.8. The van der Waals surface area contributed by atoms with Crippen molar-refractivity contribution < 1.29 is 9.47 Å². The third-order valence-electron chi connectivity index (χ3n) is 2.84. The van der Waals surface area contributed by atoms with Crippen molar-refractivity contribution in [1.29, 1.82) is 0 Å². The summed E-state index contributed by atoms with van der Waals surface area (Å²) in [5.74, 6) is 1.42. The van der Waals surface area contributed by atoms with Gasteiger partial charge in [0, 0.05) is 11.6 Å². The van der Waals surface area contributed by atoms with Gasteiger partial charge in [-0.1, -0.05) is 31.2 Å². The van der Waals surface area contributed by atoms with E-state index in [9.17, 15) is 0 Å². The highest BCUT2D eigenvalue weighted by Crippen LogP contribution is 2.35. The molecule has 1 rings (SSSR count). The van der Waals surface area contributed by atoms with Crippen molar-refractivity contribution in [1.82, 2.24) is 0 Å². The van der Waals surface area contributed by atoms with Crippen LogP contribution >= 0.6 is 0 Å². The average molecular weight is 235 g/mol. The fraction of sp³-hybridized carbons (Fsp3) is 0.429. The molecule has 0 aromatic heterocycles. The van der Waals surface area contributed by atoms with Gasteiger partial charge in [0.2, 0.25) is 0 Å². The number of benzene rings is 1. The smallest absolute Gasteiger partial charge is 0.165 e. The lowest BCUT2D eigenvalue weighted by Gasteiger charge is -2.18. The monoisotopic (exact) mass is 235 g/mol. The van der Waals surface area contributed by atoms with E-state index in [2.05, 4.69) is 13.5 Å². The van der Waals surface area contributed by atoms with Gasteiger partial charge in [0.15, 0.2) is 11.5 Å². The molecule has 0 amide bonds. The minimum absolute atomic E-state index is 0.104. The van der Waals surface area contributed by atoms with E-state index in [1.54, 1.807) is 14.2 Å². The van der Waals surface area contributed by atoms with Crippen LogP contribution in [0.5, 0.6) is 11.5 Å². The van der Waals surface area contributed by atoms with Gasteiger partial charge in [0.25, 0.3) is 0 Å². The Balaban J connectivity index is 3.00.